The van der Waals surface area contributed by atoms with Gasteiger partial charge in [-0.15, -0.1) is 0 Å². The van der Waals surface area contributed by atoms with E-state index in [9.17, 15) is 17.2 Å². The van der Waals surface area contributed by atoms with Gasteiger partial charge in [0.25, 0.3) is 10.0 Å². The summed E-state index contributed by atoms with van der Waals surface area (Å²) in [6.07, 6.45) is 0.447. The molecule has 1 saturated heterocycles. The highest BCUT2D eigenvalue weighted by atomic mass is 32.2. The molecule has 13 heavy (non-hydrogen) atoms. The van der Waals surface area contributed by atoms with Crippen molar-refractivity contribution >= 4 is 10.0 Å². The number of sulfonamides is 1. The molecule has 0 aliphatic carbocycles. The molecule has 1 atom stereocenters. The number of nitrogens with zero attached hydrogens (tertiary/aromatic N) is 1. The number of aliphatic hydroxyl groups excluding tert-OH is 1. The first-order valence-corrected chi connectivity index (χ1v) is 5.36. The number of hydrogen-bond donors (Lipinski definition) is 1. The highest BCUT2D eigenvalue weighted by Gasteiger charge is 2.36. The molecule has 1 rings (SSSR count). The summed E-state index contributed by atoms with van der Waals surface area (Å²) in [5.74, 6) is -3.56. The van der Waals surface area contributed by atoms with Crippen molar-refractivity contribution in [3.8, 4) is 0 Å². The maximum Gasteiger partial charge on any atom is 0.350 e. The summed E-state index contributed by atoms with van der Waals surface area (Å²) in [4.78, 5) is 0. The van der Waals surface area contributed by atoms with Crippen molar-refractivity contribution in [3.05, 3.63) is 0 Å². The van der Waals surface area contributed by atoms with E-state index in [-0.39, 0.29) is 25.6 Å². The van der Waals surface area contributed by atoms with Crippen LogP contribution in [0.5, 0.6) is 0 Å². The lowest BCUT2D eigenvalue weighted by molar-refractivity contribution is 0.215. The van der Waals surface area contributed by atoms with E-state index in [0.29, 0.717) is 6.42 Å². The number of alkyl halides is 2. The van der Waals surface area contributed by atoms with Gasteiger partial charge in [0.1, 0.15) is 0 Å². The zero-order chi connectivity index (χ0) is 10.1. The summed E-state index contributed by atoms with van der Waals surface area (Å²) >= 11 is 0. The van der Waals surface area contributed by atoms with Crippen LogP contribution in [0.3, 0.4) is 0 Å². The van der Waals surface area contributed by atoms with Crippen molar-refractivity contribution in [3.63, 3.8) is 0 Å². The molecular formula is C6H11F2NO3S. The van der Waals surface area contributed by atoms with Gasteiger partial charge in [0.05, 0.1) is 0 Å². The minimum Gasteiger partial charge on any atom is -0.396 e. The highest BCUT2D eigenvalue weighted by molar-refractivity contribution is 7.89. The smallest absolute Gasteiger partial charge is 0.350 e. The van der Waals surface area contributed by atoms with Gasteiger partial charge in [0.2, 0.25) is 0 Å². The van der Waals surface area contributed by atoms with Crippen molar-refractivity contribution in [2.45, 2.75) is 12.2 Å². The molecule has 1 aliphatic heterocycles. The van der Waals surface area contributed by atoms with Gasteiger partial charge in [-0.1, -0.05) is 0 Å². The Kier molecular flexibility index (Phi) is 3.20. The molecule has 0 bridgehead atoms. The molecule has 1 fully saturated rings. The molecule has 0 unspecified atom stereocenters. The Bertz CT molecular complexity index is 267. The summed E-state index contributed by atoms with van der Waals surface area (Å²) in [7, 11) is -4.43. The van der Waals surface area contributed by atoms with Crippen LogP contribution in [0.15, 0.2) is 0 Å². The quantitative estimate of drug-likeness (QED) is 0.712. The van der Waals surface area contributed by atoms with Crippen LogP contribution < -0.4 is 0 Å². The third kappa shape index (κ3) is 2.15. The van der Waals surface area contributed by atoms with E-state index in [0.717, 1.165) is 4.31 Å². The summed E-state index contributed by atoms with van der Waals surface area (Å²) in [6, 6.07) is 0. The van der Waals surface area contributed by atoms with Gasteiger partial charge in [-0.25, -0.2) is 8.42 Å². The minimum atomic E-state index is -4.43. The van der Waals surface area contributed by atoms with Gasteiger partial charge in [-0.2, -0.15) is 13.1 Å². The summed E-state index contributed by atoms with van der Waals surface area (Å²) in [5, 5.41) is 8.68. The monoisotopic (exact) mass is 215 g/mol. The van der Waals surface area contributed by atoms with Gasteiger partial charge >= 0.3 is 5.76 Å². The minimum absolute atomic E-state index is 0.00315. The molecule has 4 nitrogen and oxygen atoms in total. The molecule has 1 aliphatic rings. The topological polar surface area (TPSA) is 57.6 Å². The average Bonchev–Trinajstić information content (AvgIpc) is 2.51. The normalized spacial score (nSPS) is 25.7. The predicted molar refractivity (Wildman–Crippen MR) is 41.7 cm³/mol. The van der Waals surface area contributed by atoms with Crippen molar-refractivity contribution in [1.82, 2.24) is 4.31 Å². The maximum atomic E-state index is 12.0. The molecule has 1 N–H and O–H groups in total. The fraction of sp³-hybridized carbons (Fsp3) is 1.00. The molecule has 0 saturated carbocycles. The Hall–Kier alpha value is -0.270. The van der Waals surface area contributed by atoms with E-state index >= 15 is 0 Å². The van der Waals surface area contributed by atoms with Crippen molar-refractivity contribution in [2.24, 2.45) is 5.92 Å². The number of aliphatic hydroxyl groups is 1. The first-order valence-electron chi connectivity index (χ1n) is 3.86. The number of rotatable bonds is 3. The zero-order valence-corrected chi connectivity index (χ0v) is 7.67. The fourth-order valence-electron chi connectivity index (χ4n) is 1.29. The lowest BCUT2D eigenvalue weighted by Crippen LogP contribution is -2.33. The van der Waals surface area contributed by atoms with Gasteiger partial charge < -0.3 is 5.11 Å². The number of halogens is 2. The number of hydrogen-bond acceptors (Lipinski definition) is 3. The van der Waals surface area contributed by atoms with Crippen LogP contribution in [0.2, 0.25) is 0 Å². The first-order chi connectivity index (χ1) is 5.98. The standard InChI is InChI=1S/C6H11F2NO3S/c7-6(8)13(11,12)9-2-1-5(3-9)4-10/h5-6,10H,1-4H2/t5-/m1/s1. The second-order valence-corrected chi connectivity index (χ2v) is 4.90. The molecule has 0 radical (unpaired) electrons. The largest absolute Gasteiger partial charge is 0.396 e. The molecule has 78 valence electrons. The van der Waals surface area contributed by atoms with Crippen molar-refractivity contribution in [1.29, 1.82) is 0 Å². The molecule has 0 spiro atoms. The average molecular weight is 215 g/mol. The van der Waals surface area contributed by atoms with Gasteiger partial charge in [0.15, 0.2) is 0 Å². The van der Waals surface area contributed by atoms with Crippen molar-refractivity contribution < 1.29 is 22.3 Å². The van der Waals surface area contributed by atoms with Gasteiger partial charge in [-0.3, -0.25) is 0 Å². The molecule has 0 aromatic heterocycles. The van der Waals surface area contributed by atoms with Gasteiger partial charge in [0, 0.05) is 19.7 Å². The second-order valence-electron chi connectivity index (χ2n) is 3.00. The van der Waals surface area contributed by atoms with E-state index in [1.165, 1.54) is 0 Å². The zero-order valence-electron chi connectivity index (χ0n) is 6.86. The van der Waals surface area contributed by atoms with E-state index in [2.05, 4.69) is 0 Å². The SMILES string of the molecule is O=S(=O)(C(F)F)N1CC[C@@H](CO)C1. The molecule has 7 heteroatoms. The Labute approximate surface area is 75.2 Å². The molecule has 0 amide bonds. The third-order valence-electron chi connectivity index (χ3n) is 2.09. The van der Waals surface area contributed by atoms with Crippen LogP contribution >= 0.6 is 0 Å². The lowest BCUT2D eigenvalue weighted by atomic mass is 10.1. The Morgan fingerprint density at radius 3 is 2.54 bits per heavy atom. The summed E-state index contributed by atoms with van der Waals surface area (Å²) in [6.45, 7) is -0.0731. The van der Waals surface area contributed by atoms with Crippen LogP contribution in [0, 0.1) is 5.92 Å². The Morgan fingerprint density at radius 1 is 1.54 bits per heavy atom. The van der Waals surface area contributed by atoms with Crippen LogP contribution in [0.25, 0.3) is 0 Å². The van der Waals surface area contributed by atoms with Crippen LogP contribution in [0.4, 0.5) is 8.78 Å². The Balaban J connectivity index is 2.66. The summed E-state index contributed by atoms with van der Waals surface area (Å²) < 4.78 is 46.5. The van der Waals surface area contributed by atoms with Crippen LogP contribution in [-0.4, -0.2) is 43.3 Å². The third-order valence-corrected chi connectivity index (χ3v) is 3.59. The van der Waals surface area contributed by atoms with E-state index in [1.807, 2.05) is 0 Å². The van der Waals surface area contributed by atoms with E-state index in [4.69, 9.17) is 5.11 Å². The highest BCUT2D eigenvalue weighted by Crippen LogP contribution is 2.22. The van der Waals surface area contributed by atoms with Crippen molar-refractivity contribution in [2.75, 3.05) is 19.7 Å². The first kappa shape index (κ1) is 10.8. The molecular weight excluding hydrogens is 204 g/mol. The second kappa shape index (κ2) is 3.85. The molecule has 1 heterocycles. The van der Waals surface area contributed by atoms with Crippen LogP contribution in [0.1, 0.15) is 6.42 Å². The van der Waals surface area contributed by atoms with Crippen LogP contribution in [-0.2, 0) is 10.0 Å². The Morgan fingerprint density at radius 2 is 2.15 bits per heavy atom. The lowest BCUT2D eigenvalue weighted by Gasteiger charge is -2.14. The summed E-state index contributed by atoms with van der Waals surface area (Å²) in [5.41, 5.74) is 0. The maximum absolute atomic E-state index is 12.0. The fourth-order valence-corrected chi connectivity index (χ4v) is 2.29. The van der Waals surface area contributed by atoms with E-state index in [1.54, 1.807) is 0 Å². The molecule has 0 aromatic rings. The predicted octanol–water partition coefficient (Wildman–Crippen LogP) is -0.147. The van der Waals surface area contributed by atoms with Gasteiger partial charge in [-0.05, 0) is 12.3 Å². The van der Waals surface area contributed by atoms with E-state index < -0.39 is 15.8 Å². The molecule has 0 aromatic carbocycles.